The number of rotatable bonds is 5. The van der Waals surface area contributed by atoms with E-state index in [1.54, 1.807) is 6.33 Å². The summed E-state index contributed by atoms with van der Waals surface area (Å²) < 4.78 is 0. The Bertz CT molecular complexity index is 554. The zero-order valence-electron chi connectivity index (χ0n) is 11.4. The van der Waals surface area contributed by atoms with Crippen LogP contribution in [0.15, 0.2) is 24.5 Å². The predicted molar refractivity (Wildman–Crippen MR) is 75.8 cm³/mol. The van der Waals surface area contributed by atoms with Gasteiger partial charge in [0.15, 0.2) is 0 Å². The molecule has 1 aromatic carbocycles. The molecule has 102 valence electrons. The van der Waals surface area contributed by atoms with Gasteiger partial charge in [-0.1, -0.05) is 12.5 Å². The average molecular weight is 259 g/mol. The molecule has 19 heavy (non-hydrogen) atoms. The van der Waals surface area contributed by atoms with Crippen LogP contribution in [0.1, 0.15) is 24.8 Å². The third-order valence-electron chi connectivity index (χ3n) is 4.29. The minimum Gasteiger partial charge on any atom is -0.396 e. The van der Waals surface area contributed by atoms with Crippen molar-refractivity contribution in [3.63, 3.8) is 0 Å². The third kappa shape index (κ3) is 2.51. The number of imidazole rings is 1. The van der Waals surface area contributed by atoms with Crippen molar-refractivity contribution in [3.05, 3.63) is 30.1 Å². The Morgan fingerprint density at radius 2 is 2.26 bits per heavy atom. The topological polar surface area (TPSA) is 52.2 Å². The van der Waals surface area contributed by atoms with E-state index in [2.05, 4.69) is 40.1 Å². The van der Waals surface area contributed by atoms with Gasteiger partial charge in [0, 0.05) is 25.1 Å². The maximum absolute atomic E-state index is 9.53. The second kappa shape index (κ2) is 4.94. The molecule has 1 aliphatic rings. The Labute approximate surface area is 113 Å². The molecule has 1 heterocycles. The van der Waals surface area contributed by atoms with Crippen LogP contribution in [0.5, 0.6) is 0 Å². The van der Waals surface area contributed by atoms with E-state index < -0.39 is 0 Å². The number of nitrogens with zero attached hydrogens (tertiary/aromatic N) is 2. The Morgan fingerprint density at radius 3 is 2.95 bits per heavy atom. The lowest BCUT2D eigenvalue weighted by molar-refractivity contribution is 0.0127. The predicted octanol–water partition coefficient (Wildman–Crippen LogP) is 2.16. The van der Waals surface area contributed by atoms with Gasteiger partial charge in [-0.2, -0.15) is 0 Å². The number of nitrogens with one attached hydrogen (secondary N) is 1. The summed E-state index contributed by atoms with van der Waals surface area (Å²) in [5, 5.41) is 9.53. The fraction of sp³-hybridized carbons (Fsp3) is 0.533. The van der Waals surface area contributed by atoms with Crippen LogP contribution in [0.4, 0.5) is 0 Å². The molecule has 2 N–H and O–H groups in total. The first kappa shape index (κ1) is 12.6. The minimum atomic E-state index is 0.160. The van der Waals surface area contributed by atoms with Gasteiger partial charge in [0.2, 0.25) is 0 Å². The molecule has 0 radical (unpaired) electrons. The van der Waals surface area contributed by atoms with Gasteiger partial charge in [-0.25, -0.2) is 4.98 Å². The summed E-state index contributed by atoms with van der Waals surface area (Å²) in [6.07, 6.45) is 5.31. The number of hydrogen-bond acceptors (Lipinski definition) is 3. The molecule has 1 aliphatic carbocycles. The van der Waals surface area contributed by atoms with Crippen molar-refractivity contribution >= 4 is 11.0 Å². The Hall–Kier alpha value is -1.39. The molecule has 0 amide bonds. The number of hydrogen-bond donors (Lipinski definition) is 2. The van der Waals surface area contributed by atoms with Crippen LogP contribution in [0.25, 0.3) is 11.0 Å². The van der Waals surface area contributed by atoms with E-state index in [1.165, 1.54) is 12.0 Å². The first-order chi connectivity index (χ1) is 9.21. The third-order valence-corrected chi connectivity index (χ3v) is 4.29. The summed E-state index contributed by atoms with van der Waals surface area (Å²) in [6.45, 7) is 2.21. The smallest absolute Gasteiger partial charge is 0.0931 e. The molecule has 1 fully saturated rings. The first-order valence-corrected chi connectivity index (χ1v) is 6.92. The quantitative estimate of drug-likeness (QED) is 0.865. The molecule has 0 spiro atoms. The maximum atomic E-state index is 9.53. The van der Waals surface area contributed by atoms with E-state index in [4.69, 9.17) is 0 Å². The molecule has 3 rings (SSSR count). The molecule has 1 aromatic heterocycles. The van der Waals surface area contributed by atoms with Crippen LogP contribution in [-0.4, -0.2) is 40.2 Å². The molecule has 0 aliphatic heterocycles. The van der Waals surface area contributed by atoms with Gasteiger partial charge >= 0.3 is 0 Å². The largest absolute Gasteiger partial charge is 0.396 e. The van der Waals surface area contributed by atoms with Gasteiger partial charge < -0.3 is 15.0 Å². The highest BCUT2D eigenvalue weighted by Crippen LogP contribution is 2.40. The van der Waals surface area contributed by atoms with Gasteiger partial charge in [-0.15, -0.1) is 0 Å². The number of benzene rings is 1. The Morgan fingerprint density at radius 1 is 1.42 bits per heavy atom. The normalized spacial score (nSPS) is 17.8. The zero-order valence-corrected chi connectivity index (χ0v) is 11.4. The summed E-state index contributed by atoms with van der Waals surface area (Å²) >= 11 is 0. The monoisotopic (exact) mass is 259 g/mol. The molecule has 1 saturated carbocycles. The lowest BCUT2D eigenvalue weighted by Crippen LogP contribution is -2.43. The highest BCUT2D eigenvalue weighted by Gasteiger charge is 2.37. The van der Waals surface area contributed by atoms with E-state index in [0.29, 0.717) is 6.61 Å². The van der Waals surface area contributed by atoms with Crippen LogP contribution in [0, 0.1) is 5.41 Å². The van der Waals surface area contributed by atoms with E-state index in [9.17, 15) is 5.11 Å². The minimum absolute atomic E-state index is 0.160. The van der Waals surface area contributed by atoms with Gasteiger partial charge in [0.1, 0.15) is 0 Å². The molecular formula is C15H21N3O. The lowest BCUT2D eigenvalue weighted by Gasteiger charge is -2.43. The number of aliphatic hydroxyl groups excluding tert-OH is 1. The molecule has 2 aromatic rings. The number of fused-ring (bicyclic) bond motifs is 1. The average Bonchev–Trinajstić information content (AvgIpc) is 2.81. The standard InChI is InChI=1S/C15H21N3O/c1-18(9-15(10-19)5-2-6-15)8-12-3-4-13-14(7-12)17-11-16-13/h3-4,7,11,19H,2,5-6,8-10H2,1H3,(H,16,17). The van der Waals surface area contributed by atoms with Crippen LogP contribution in [-0.2, 0) is 6.54 Å². The summed E-state index contributed by atoms with van der Waals surface area (Å²) in [5.74, 6) is 0. The van der Waals surface area contributed by atoms with Crippen molar-refractivity contribution in [3.8, 4) is 0 Å². The Kier molecular flexibility index (Phi) is 3.29. The fourth-order valence-electron chi connectivity index (χ4n) is 3.06. The molecule has 4 heteroatoms. The highest BCUT2D eigenvalue weighted by atomic mass is 16.3. The van der Waals surface area contributed by atoms with Crippen molar-refractivity contribution in [2.75, 3.05) is 20.2 Å². The number of aromatic amines is 1. The van der Waals surface area contributed by atoms with Gasteiger partial charge in [-0.3, -0.25) is 0 Å². The molecule has 4 nitrogen and oxygen atoms in total. The first-order valence-electron chi connectivity index (χ1n) is 6.92. The Balaban J connectivity index is 1.66. The summed E-state index contributed by atoms with van der Waals surface area (Å²) in [7, 11) is 2.13. The van der Waals surface area contributed by atoms with Crippen molar-refractivity contribution in [2.24, 2.45) is 5.41 Å². The fourth-order valence-corrected chi connectivity index (χ4v) is 3.06. The van der Waals surface area contributed by atoms with E-state index in [-0.39, 0.29) is 5.41 Å². The molecule has 0 saturated heterocycles. The maximum Gasteiger partial charge on any atom is 0.0931 e. The van der Waals surface area contributed by atoms with Crippen LogP contribution in [0.2, 0.25) is 0 Å². The SMILES string of the molecule is CN(Cc1ccc2nc[nH]c2c1)CC1(CO)CCC1. The summed E-state index contributed by atoms with van der Waals surface area (Å²) in [6, 6.07) is 6.34. The highest BCUT2D eigenvalue weighted by molar-refractivity contribution is 5.74. The van der Waals surface area contributed by atoms with E-state index in [1.807, 2.05) is 0 Å². The molecule has 0 bridgehead atoms. The van der Waals surface area contributed by atoms with Crippen molar-refractivity contribution in [1.29, 1.82) is 0 Å². The van der Waals surface area contributed by atoms with Crippen molar-refractivity contribution < 1.29 is 5.11 Å². The van der Waals surface area contributed by atoms with E-state index in [0.717, 1.165) is 37.0 Å². The van der Waals surface area contributed by atoms with Crippen LogP contribution < -0.4 is 0 Å². The van der Waals surface area contributed by atoms with Gasteiger partial charge in [0.05, 0.1) is 17.4 Å². The number of aromatic nitrogens is 2. The van der Waals surface area contributed by atoms with E-state index >= 15 is 0 Å². The van der Waals surface area contributed by atoms with Gasteiger partial charge in [-0.05, 0) is 37.6 Å². The molecular weight excluding hydrogens is 238 g/mol. The number of H-pyrrole nitrogens is 1. The lowest BCUT2D eigenvalue weighted by atomic mass is 9.69. The van der Waals surface area contributed by atoms with Crippen molar-refractivity contribution in [1.82, 2.24) is 14.9 Å². The summed E-state index contributed by atoms with van der Waals surface area (Å²) in [4.78, 5) is 9.69. The summed E-state index contributed by atoms with van der Waals surface area (Å²) in [5.41, 5.74) is 3.54. The second-order valence-electron chi connectivity index (χ2n) is 5.94. The van der Waals surface area contributed by atoms with Gasteiger partial charge in [0.25, 0.3) is 0 Å². The van der Waals surface area contributed by atoms with Crippen LogP contribution >= 0.6 is 0 Å². The molecule has 0 atom stereocenters. The second-order valence-corrected chi connectivity index (χ2v) is 5.94. The zero-order chi connectivity index (χ0) is 13.3. The number of aliphatic hydroxyl groups is 1. The van der Waals surface area contributed by atoms with Crippen molar-refractivity contribution in [2.45, 2.75) is 25.8 Å². The molecule has 0 unspecified atom stereocenters. The van der Waals surface area contributed by atoms with Crippen LogP contribution in [0.3, 0.4) is 0 Å².